The number of nitrogens with two attached hydrogens (primary N) is 1. The molecular weight excluding hydrogens is 298 g/mol. The van der Waals surface area contributed by atoms with Crippen molar-refractivity contribution in [2.75, 3.05) is 18.8 Å². The molecule has 3 N–H and O–H groups in total. The van der Waals surface area contributed by atoms with E-state index in [-0.39, 0.29) is 16.0 Å². The summed E-state index contributed by atoms with van der Waals surface area (Å²) in [7, 11) is -3.53. The number of halogens is 1. The molecule has 1 saturated carbocycles. The fourth-order valence-corrected chi connectivity index (χ4v) is 4.15. The summed E-state index contributed by atoms with van der Waals surface area (Å²) in [4.78, 5) is 2.53. The fourth-order valence-electron chi connectivity index (χ4n) is 2.62. The van der Waals surface area contributed by atoms with Crippen LogP contribution in [0.5, 0.6) is 0 Å². The Bertz CT molecular complexity index is 616. The molecule has 7 heteroatoms. The molecule has 1 saturated heterocycles. The van der Waals surface area contributed by atoms with E-state index in [1.165, 1.54) is 31.0 Å². The highest BCUT2D eigenvalue weighted by Crippen LogP contribution is 2.30. The molecule has 2 aliphatic rings. The Hall–Kier alpha value is -0.820. The highest BCUT2D eigenvalue weighted by Gasteiger charge is 2.35. The lowest BCUT2D eigenvalue weighted by Gasteiger charge is -2.16. The summed E-state index contributed by atoms with van der Waals surface area (Å²) >= 11 is 5.88. The number of rotatable bonds is 4. The van der Waals surface area contributed by atoms with E-state index in [1.54, 1.807) is 0 Å². The van der Waals surface area contributed by atoms with E-state index >= 15 is 0 Å². The van der Waals surface area contributed by atoms with Gasteiger partial charge in [0.25, 0.3) is 0 Å². The van der Waals surface area contributed by atoms with Crippen molar-refractivity contribution in [3.05, 3.63) is 23.2 Å². The minimum Gasteiger partial charge on any atom is -0.398 e. The molecule has 0 bridgehead atoms. The molecule has 5 nitrogen and oxygen atoms in total. The second kappa shape index (κ2) is 5.18. The number of hydrogen-bond acceptors (Lipinski definition) is 4. The Labute approximate surface area is 124 Å². The van der Waals surface area contributed by atoms with Gasteiger partial charge < -0.3 is 5.73 Å². The molecule has 20 heavy (non-hydrogen) atoms. The molecule has 3 rings (SSSR count). The predicted octanol–water partition coefficient (Wildman–Crippen LogP) is 1.44. The molecule has 110 valence electrons. The minimum absolute atomic E-state index is 0.0167. The van der Waals surface area contributed by atoms with Gasteiger partial charge in [-0.15, -0.1) is 0 Å². The van der Waals surface area contributed by atoms with Crippen LogP contribution < -0.4 is 10.5 Å². The third kappa shape index (κ3) is 2.93. The topological polar surface area (TPSA) is 75.4 Å². The van der Waals surface area contributed by atoms with Crippen molar-refractivity contribution < 1.29 is 8.42 Å². The van der Waals surface area contributed by atoms with Gasteiger partial charge in [0.05, 0.1) is 15.6 Å². The third-order valence-electron chi connectivity index (χ3n) is 3.89. The van der Waals surface area contributed by atoms with Crippen LogP contribution in [0.1, 0.15) is 19.3 Å². The molecule has 1 heterocycles. The van der Waals surface area contributed by atoms with Crippen molar-refractivity contribution in [2.45, 2.75) is 36.2 Å². The summed E-state index contributed by atoms with van der Waals surface area (Å²) in [5.74, 6) is 0. The van der Waals surface area contributed by atoms with Crippen LogP contribution in [0.2, 0.25) is 5.02 Å². The quantitative estimate of drug-likeness (QED) is 0.824. The number of nitrogens with one attached hydrogen (secondary N) is 1. The van der Waals surface area contributed by atoms with Gasteiger partial charge in [0.1, 0.15) is 0 Å². The second-order valence-electron chi connectivity index (χ2n) is 5.52. The summed E-state index contributed by atoms with van der Waals surface area (Å²) in [6.07, 6.45) is 3.35. The van der Waals surface area contributed by atoms with Gasteiger partial charge in [-0.1, -0.05) is 11.6 Å². The molecule has 1 atom stereocenters. The zero-order chi connectivity index (χ0) is 14.3. The Morgan fingerprint density at radius 3 is 2.70 bits per heavy atom. The first-order chi connectivity index (χ1) is 9.45. The molecule has 1 aliphatic carbocycles. The smallest absolute Gasteiger partial charge is 0.240 e. The zero-order valence-corrected chi connectivity index (χ0v) is 12.6. The van der Waals surface area contributed by atoms with Crippen molar-refractivity contribution in [1.82, 2.24) is 9.62 Å². The van der Waals surface area contributed by atoms with E-state index in [2.05, 4.69) is 9.62 Å². The number of benzene rings is 1. The molecule has 1 aromatic rings. The lowest BCUT2D eigenvalue weighted by molar-refractivity contribution is 0.322. The lowest BCUT2D eigenvalue weighted by atomic mass is 10.3. The Morgan fingerprint density at radius 1 is 1.30 bits per heavy atom. The summed E-state index contributed by atoms with van der Waals surface area (Å²) < 4.78 is 27.4. The number of hydrogen-bond donors (Lipinski definition) is 2. The van der Waals surface area contributed by atoms with E-state index in [0.717, 1.165) is 19.5 Å². The Balaban J connectivity index is 1.70. The average Bonchev–Trinajstić information content (AvgIpc) is 3.14. The summed E-state index contributed by atoms with van der Waals surface area (Å²) in [6, 6.07) is 5.05. The van der Waals surface area contributed by atoms with E-state index < -0.39 is 10.0 Å². The minimum atomic E-state index is -3.53. The number of likely N-dealkylation sites (tertiary alicyclic amines) is 1. The molecule has 1 aromatic carbocycles. The lowest BCUT2D eigenvalue weighted by Crippen LogP contribution is -2.37. The van der Waals surface area contributed by atoms with E-state index in [0.29, 0.717) is 11.7 Å². The van der Waals surface area contributed by atoms with Crippen molar-refractivity contribution in [2.24, 2.45) is 0 Å². The van der Waals surface area contributed by atoms with Crippen LogP contribution in [0.25, 0.3) is 0 Å². The van der Waals surface area contributed by atoms with E-state index in [1.807, 2.05) is 0 Å². The molecule has 0 aromatic heterocycles. The van der Waals surface area contributed by atoms with Crippen LogP contribution in [-0.4, -0.2) is 38.5 Å². The van der Waals surface area contributed by atoms with Gasteiger partial charge in [-0.2, -0.15) is 0 Å². The second-order valence-corrected chi connectivity index (χ2v) is 7.64. The van der Waals surface area contributed by atoms with Gasteiger partial charge in [-0.25, -0.2) is 13.1 Å². The van der Waals surface area contributed by atoms with Gasteiger partial charge in [-0.05, 0) is 37.5 Å². The van der Waals surface area contributed by atoms with Crippen molar-refractivity contribution in [3.8, 4) is 0 Å². The molecular formula is C13H18ClN3O2S. The highest BCUT2D eigenvalue weighted by atomic mass is 35.5. The van der Waals surface area contributed by atoms with Gasteiger partial charge >= 0.3 is 0 Å². The monoisotopic (exact) mass is 315 g/mol. The van der Waals surface area contributed by atoms with E-state index in [4.69, 9.17) is 17.3 Å². The fraction of sp³-hybridized carbons (Fsp3) is 0.538. The molecule has 1 unspecified atom stereocenters. The molecule has 2 fully saturated rings. The van der Waals surface area contributed by atoms with Gasteiger partial charge in [0.15, 0.2) is 0 Å². The van der Waals surface area contributed by atoms with Crippen molar-refractivity contribution in [3.63, 3.8) is 0 Å². The number of sulfonamides is 1. The maximum Gasteiger partial charge on any atom is 0.240 e. The van der Waals surface area contributed by atoms with Gasteiger partial charge in [0, 0.05) is 25.2 Å². The Kier molecular flexibility index (Phi) is 3.66. The first kappa shape index (κ1) is 14.1. The standard InChI is InChI=1S/C13H18ClN3O2S/c14-12-7-11(3-4-13(12)15)20(18,19)16-9-5-6-17(8-9)10-1-2-10/h3-4,7,9-10,16H,1-2,5-6,8,15H2. The zero-order valence-electron chi connectivity index (χ0n) is 11.0. The summed E-state index contributed by atoms with van der Waals surface area (Å²) in [5, 5.41) is 0.263. The average molecular weight is 316 g/mol. The summed E-state index contributed by atoms with van der Waals surface area (Å²) in [6.45, 7) is 1.77. The first-order valence-electron chi connectivity index (χ1n) is 6.77. The molecule has 0 amide bonds. The number of anilines is 1. The maximum atomic E-state index is 12.3. The largest absolute Gasteiger partial charge is 0.398 e. The summed E-state index contributed by atoms with van der Waals surface area (Å²) in [5.41, 5.74) is 5.98. The predicted molar refractivity (Wildman–Crippen MR) is 79.2 cm³/mol. The third-order valence-corrected chi connectivity index (χ3v) is 5.73. The van der Waals surface area contributed by atoms with E-state index in [9.17, 15) is 8.42 Å². The van der Waals surface area contributed by atoms with Gasteiger partial charge in [0.2, 0.25) is 10.0 Å². The van der Waals surface area contributed by atoms with Gasteiger partial charge in [-0.3, -0.25) is 4.90 Å². The van der Waals surface area contributed by atoms with Crippen LogP contribution in [0, 0.1) is 0 Å². The molecule has 0 spiro atoms. The van der Waals surface area contributed by atoms with Crippen LogP contribution in [-0.2, 0) is 10.0 Å². The highest BCUT2D eigenvalue weighted by molar-refractivity contribution is 7.89. The number of nitrogen functional groups attached to an aromatic ring is 1. The van der Waals surface area contributed by atoms with Crippen LogP contribution in [0.15, 0.2) is 23.1 Å². The Morgan fingerprint density at radius 2 is 2.05 bits per heavy atom. The molecule has 1 aliphatic heterocycles. The van der Waals surface area contributed by atoms with Crippen molar-refractivity contribution in [1.29, 1.82) is 0 Å². The van der Waals surface area contributed by atoms with Crippen LogP contribution in [0.4, 0.5) is 5.69 Å². The first-order valence-corrected chi connectivity index (χ1v) is 8.63. The maximum absolute atomic E-state index is 12.3. The van der Waals surface area contributed by atoms with Crippen LogP contribution in [0.3, 0.4) is 0 Å². The SMILES string of the molecule is Nc1ccc(S(=O)(=O)NC2CCN(C3CC3)C2)cc1Cl. The van der Waals surface area contributed by atoms with Crippen molar-refractivity contribution >= 4 is 27.3 Å². The number of nitrogens with zero attached hydrogens (tertiary/aromatic N) is 1. The van der Waals surface area contributed by atoms with Crippen LogP contribution >= 0.6 is 11.6 Å². The normalized spacial score (nSPS) is 24.1. The molecule has 0 radical (unpaired) electrons.